The number of carbonyl (C=O) groups is 1. The number of amidine groups is 1. The van der Waals surface area contributed by atoms with Crippen molar-refractivity contribution in [3.8, 4) is 0 Å². The highest BCUT2D eigenvalue weighted by atomic mass is 16.5. The Morgan fingerprint density at radius 2 is 2.35 bits per heavy atom. The van der Waals surface area contributed by atoms with Crippen LogP contribution in [0.5, 0.6) is 0 Å². The monoisotopic (exact) mass is 238 g/mol. The number of carbonyl (C=O) groups excluding carboxylic acids is 1. The highest BCUT2D eigenvalue weighted by Gasteiger charge is 2.12. The Morgan fingerprint density at radius 3 is 2.88 bits per heavy atom. The van der Waals surface area contributed by atoms with Gasteiger partial charge in [0.15, 0.2) is 5.76 Å². The lowest BCUT2D eigenvalue weighted by atomic mass is 10.3. The second-order valence-corrected chi connectivity index (χ2v) is 3.56. The van der Waals surface area contributed by atoms with Crippen LogP contribution in [-0.4, -0.2) is 24.6 Å². The Labute approximate surface area is 101 Å². The number of hydrogen-bond donors (Lipinski definition) is 1. The van der Waals surface area contributed by atoms with Crippen molar-refractivity contribution in [3.05, 3.63) is 24.2 Å². The van der Waals surface area contributed by atoms with Crippen LogP contribution in [0.15, 0.2) is 27.8 Å². The molecule has 0 saturated carbocycles. The molecular weight excluding hydrogens is 220 g/mol. The molecule has 0 fully saturated rings. The summed E-state index contributed by atoms with van der Waals surface area (Å²) in [6.07, 6.45) is 2.33. The summed E-state index contributed by atoms with van der Waals surface area (Å²) in [5.74, 6) is -0.118. The first-order valence-corrected chi connectivity index (χ1v) is 5.72. The molecule has 0 bridgehead atoms. The van der Waals surface area contributed by atoms with E-state index in [1.54, 1.807) is 12.1 Å². The van der Waals surface area contributed by atoms with E-state index in [2.05, 4.69) is 10.3 Å². The summed E-state index contributed by atoms with van der Waals surface area (Å²) in [6.45, 7) is 6.27. The minimum atomic E-state index is -0.356. The standard InChI is InChI=1S/C12H18N2O3/c1-4-9(3)13-12(16-5-2)14-11(15)10-7-6-8-17-10/h6-9H,4-5H2,1-3H3,(H,13,14,15)/t9-/m0/s1. The van der Waals surface area contributed by atoms with Crippen molar-refractivity contribution in [2.75, 3.05) is 6.61 Å². The molecule has 1 heterocycles. The zero-order valence-electron chi connectivity index (χ0n) is 10.4. The molecule has 5 heteroatoms. The van der Waals surface area contributed by atoms with Crippen LogP contribution in [0.2, 0.25) is 0 Å². The molecular formula is C12H18N2O3. The van der Waals surface area contributed by atoms with E-state index >= 15 is 0 Å². The third-order valence-electron chi connectivity index (χ3n) is 2.17. The minimum absolute atomic E-state index is 0.105. The molecule has 1 N–H and O–H groups in total. The van der Waals surface area contributed by atoms with Crippen LogP contribution >= 0.6 is 0 Å². The largest absolute Gasteiger partial charge is 0.465 e. The molecule has 1 atom stereocenters. The van der Waals surface area contributed by atoms with Gasteiger partial charge in [-0.1, -0.05) is 6.92 Å². The molecule has 0 aromatic carbocycles. The third kappa shape index (κ3) is 4.30. The van der Waals surface area contributed by atoms with Crippen molar-refractivity contribution in [2.24, 2.45) is 4.99 Å². The van der Waals surface area contributed by atoms with E-state index < -0.39 is 0 Å². The number of nitrogens with zero attached hydrogens (tertiary/aromatic N) is 1. The molecule has 0 spiro atoms. The van der Waals surface area contributed by atoms with Crippen LogP contribution < -0.4 is 5.32 Å². The summed E-state index contributed by atoms with van der Waals surface area (Å²) in [5, 5.41) is 2.58. The number of amides is 1. The molecule has 0 aliphatic rings. The van der Waals surface area contributed by atoms with Crippen LogP contribution in [0, 0.1) is 0 Å². The van der Waals surface area contributed by atoms with E-state index in [9.17, 15) is 4.79 Å². The molecule has 0 saturated heterocycles. The van der Waals surface area contributed by atoms with Gasteiger partial charge in [0.2, 0.25) is 0 Å². The maximum absolute atomic E-state index is 11.7. The van der Waals surface area contributed by atoms with E-state index in [1.165, 1.54) is 6.26 Å². The fraction of sp³-hybridized carbons (Fsp3) is 0.500. The summed E-state index contributed by atoms with van der Waals surface area (Å²) in [5.41, 5.74) is 0. The number of ether oxygens (including phenoxy) is 1. The summed E-state index contributed by atoms with van der Waals surface area (Å²) < 4.78 is 10.2. The third-order valence-corrected chi connectivity index (χ3v) is 2.17. The van der Waals surface area contributed by atoms with E-state index in [0.29, 0.717) is 6.61 Å². The first-order valence-electron chi connectivity index (χ1n) is 5.72. The van der Waals surface area contributed by atoms with Crippen molar-refractivity contribution in [1.82, 2.24) is 5.32 Å². The Morgan fingerprint density at radius 1 is 1.59 bits per heavy atom. The van der Waals surface area contributed by atoms with Gasteiger partial charge in [0.1, 0.15) is 0 Å². The average molecular weight is 238 g/mol. The van der Waals surface area contributed by atoms with Crippen molar-refractivity contribution in [2.45, 2.75) is 33.2 Å². The lowest BCUT2D eigenvalue weighted by molar-refractivity contribution is 0.0938. The molecule has 1 aromatic rings. The van der Waals surface area contributed by atoms with Crippen LogP contribution in [0.4, 0.5) is 0 Å². The molecule has 94 valence electrons. The summed E-state index contributed by atoms with van der Waals surface area (Å²) >= 11 is 0. The van der Waals surface area contributed by atoms with Gasteiger partial charge in [0.05, 0.1) is 18.9 Å². The first kappa shape index (κ1) is 13.3. The fourth-order valence-corrected chi connectivity index (χ4v) is 1.10. The van der Waals surface area contributed by atoms with Gasteiger partial charge in [-0.15, -0.1) is 0 Å². The van der Waals surface area contributed by atoms with E-state index in [0.717, 1.165) is 6.42 Å². The van der Waals surface area contributed by atoms with Crippen molar-refractivity contribution < 1.29 is 13.9 Å². The molecule has 0 unspecified atom stereocenters. The van der Waals surface area contributed by atoms with Crippen molar-refractivity contribution in [1.29, 1.82) is 0 Å². The highest BCUT2D eigenvalue weighted by molar-refractivity contribution is 6.02. The molecule has 0 radical (unpaired) electrons. The number of furan rings is 1. The van der Waals surface area contributed by atoms with Crippen LogP contribution in [-0.2, 0) is 4.74 Å². The quantitative estimate of drug-likeness (QED) is 0.646. The Kier molecular flexibility index (Phi) is 5.26. The fourth-order valence-electron chi connectivity index (χ4n) is 1.10. The Hall–Kier alpha value is -1.78. The maximum Gasteiger partial charge on any atom is 0.294 e. The highest BCUT2D eigenvalue weighted by Crippen LogP contribution is 2.01. The number of hydrogen-bond acceptors (Lipinski definition) is 4. The zero-order chi connectivity index (χ0) is 12.7. The van der Waals surface area contributed by atoms with Crippen LogP contribution in [0.25, 0.3) is 0 Å². The molecule has 17 heavy (non-hydrogen) atoms. The summed E-state index contributed by atoms with van der Waals surface area (Å²) in [7, 11) is 0. The number of aliphatic imine (C=N–C) groups is 1. The first-order chi connectivity index (χ1) is 8.17. The lowest BCUT2D eigenvalue weighted by Crippen LogP contribution is -2.33. The molecule has 0 aliphatic heterocycles. The normalized spacial score (nSPS) is 13.2. The molecule has 1 amide bonds. The van der Waals surface area contributed by atoms with Gasteiger partial charge in [0, 0.05) is 0 Å². The SMILES string of the molecule is CCOC(=N[C@@H](C)CC)NC(=O)c1ccco1. The van der Waals surface area contributed by atoms with Crippen molar-refractivity contribution >= 4 is 11.9 Å². The Bertz CT molecular complexity index is 371. The predicted octanol–water partition coefficient (Wildman–Crippen LogP) is 2.20. The van der Waals surface area contributed by atoms with Gasteiger partial charge < -0.3 is 9.15 Å². The van der Waals surface area contributed by atoms with Gasteiger partial charge in [-0.25, -0.2) is 4.99 Å². The minimum Gasteiger partial charge on any atom is -0.465 e. The predicted molar refractivity (Wildman–Crippen MR) is 65.0 cm³/mol. The smallest absolute Gasteiger partial charge is 0.294 e. The molecule has 1 rings (SSSR count). The van der Waals surface area contributed by atoms with Gasteiger partial charge >= 0.3 is 0 Å². The number of rotatable bonds is 4. The zero-order valence-corrected chi connectivity index (χ0v) is 10.4. The number of nitrogens with one attached hydrogen (secondary N) is 1. The molecule has 1 aromatic heterocycles. The van der Waals surface area contributed by atoms with Crippen LogP contribution in [0.3, 0.4) is 0 Å². The van der Waals surface area contributed by atoms with Gasteiger partial charge in [-0.2, -0.15) is 0 Å². The molecule has 5 nitrogen and oxygen atoms in total. The topological polar surface area (TPSA) is 63.8 Å². The Balaban J connectivity index is 2.67. The summed E-state index contributed by atoms with van der Waals surface area (Å²) in [6, 6.07) is 3.58. The van der Waals surface area contributed by atoms with E-state index in [-0.39, 0.29) is 23.7 Å². The van der Waals surface area contributed by atoms with Gasteiger partial charge in [0.25, 0.3) is 11.9 Å². The maximum atomic E-state index is 11.7. The van der Waals surface area contributed by atoms with E-state index in [1.807, 2.05) is 20.8 Å². The molecule has 0 aliphatic carbocycles. The van der Waals surface area contributed by atoms with Crippen LogP contribution in [0.1, 0.15) is 37.7 Å². The van der Waals surface area contributed by atoms with Crippen molar-refractivity contribution in [3.63, 3.8) is 0 Å². The van der Waals surface area contributed by atoms with E-state index in [4.69, 9.17) is 9.15 Å². The average Bonchev–Trinajstić information content (AvgIpc) is 2.82. The second kappa shape index (κ2) is 6.73. The van der Waals surface area contributed by atoms with Gasteiger partial charge in [-0.05, 0) is 32.4 Å². The van der Waals surface area contributed by atoms with Gasteiger partial charge in [-0.3, -0.25) is 10.1 Å². The lowest BCUT2D eigenvalue weighted by Gasteiger charge is -2.10. The summed E-state index contributed by atoms with van der Waals surface area (Å²) in [4.78, 5) is 16.0. The second-order valence-electron chi connectivity index (χ2n) is 3.56.